The Labute approximate surface area is 140 Å². The Kier molecular flexibility index (Phi) is 4.90. The smallest absolute Gasteiger partial charge is 0.410 e. The number of carbonyl (C=O) groups is 1. The molecule has 7 heteroatoms. The summed E-state index contributed by atoms with van der Waals surface area (Å²) in [6.45, 7) is 6.42. The van der Waals surface area contributed by atoms with Crippen LogP contribution < -0.4 is 10.5 Å². The fourth-order valence-corrected chi connectivity index (χ4v) is 2.42. The van der Waals surface area contributed by atoms with E-state index >= 15 is 0 Å². The summed E-state index contributed by atoms with van der Waals surface area (Å²) in [7, 11) is 0. The molecule has 6 nitrogen and oxygen atoms in total. The minimum atomic E-state index is -0.533. The molecule has 1 heterocycles. The second-order valence-corrected chi connectivity index (χ2v) is 6.82. The van der Waals surface area contributed by atoms with Crippen LogP contribution in [0.25, 0.3) is 0 Å². The van der Waals surface area contributed by atoms with E-state index in [0.717, 1.165) is 0 Å². The first-order chi connectivity index (χ1) is 10.7. The maximum atomic E-state index is 12.0. The SMILES string of the molecule is CC(C)(C)OC(=O)N1CCC(Oc2cc(C#N)cc(N)c2Cl)C1. The van der Waals surface area contributed by atoms with E-state index in [9.17, 15) is 4.79 Å². The number of hydrogen-bond donors (Lipinski definition) is 1. The number of anilines is 1. The molecule has 0 spiro atoms. The molecule has 1 aliphatic heterocycles. The van der Waals surface area contributed by atoms with E-state index in [4.69, 9.17) is 32.1 Å². The molecule has 1 unspecified atom stereocenters. The number of hydrogen-bond acceptors (Lipinski definition) is 5. The molecule has 23 heavy (non-hydrogen) atoms. The Morgan fingerprint density at radius 1 is 1.48 bits per heavy atom. The summed E-state index contributed by atoms with van der Waals surface area (Å²) in [5.41, 5.74) is 5.91. The molecule has 0 aliphatic carbocycles. The Hall–Kier alpha value is -2.13. The van der Waals surface area contributed by atoms with Crippen LogP contribution in [-0.4, -0.2) is 35.8 Å². The average Bonchev–Trinajstić information content (AvgIpc) is 2.90. The quantitative estimate of drug-likeness (QED) is 0.837. The van der Waals surface area contributed by atoms with Gasteiger partial charge in [0.15, 0.2) is 0 Å². The minimum Gasteiger partial charge on any atom is -0.487 e. The number of rotatable bonds is 2. The first kappa shape index (κ1) is 17.2. The van der Waals surface area contributed by atoms with Crippen molar-refractivity contribution in [2.75, 3.05) is 18.8 Å². The van der Waals surface area contributed by atoms with E-state index in [1.807, 2.05) is 26.8 Å². The summed E-state index contributed by atoms with van der Waals surface area (Å²) in [5.74, 6) is 0.360. The zero-order valence-corrected chi connectivity index (χ0v) is 14.2. The first-order valence-corrected chi connectivity index (χ1v) is 7.71. The van der Waals surface area contributed by atoms with Crippen molar-refractivity contribution in [1.29, 1.82) is 5.26 Å². The molecule has 1 fully saturated rings. The van der Waals surface area contributed by atoms with Gasteiger partial charge in [-0.15, -0.1) is 0 Å². The number of nitriles is 1. The molecule has 2 rings (SSSR count). The summed E-state index contributed by atoms with van der Waals surface area (Å²) >= 11 is 6.12. The number of amides is 1. The van der Waals surface area contributed by atoms with Crippen LogP contribution >= 0.6 is 11.6 Å². The molecule has 0 aromatic heterocycles. The van der Waals surface area contributed by atoms with E-state index in [0.29, 0.717) is 36.5 Å². The topological polar surface area (TPSA) is 88.6 Å². The number of benzene rings is 1. The molecule has 1 atom stereocenters. The van der Waals surface area contributed by atoms with Gasteiger partial charge in [0.2, 0.25) is 0 Å². The number of likely N-dealkylation sites (tertiary alicyclic amines) is 1. The van der Waals surface area contributed by atoms with Crippen molar-refractivity contribution in [3.63, 3.8) is 0 Å². The van der Waals surface area contributed by atoms with Crippen molar-refractivity contribution in [2.45, 2.75) is 38.9 Å². The third kappa shape index (κ3) is 4.42. The van der Waals surface area contributed by atoms with Gasteiger partial charge in [-0.25, -0.2) is 4.79 Å². The van der Waals surface area contributed by atoms with Crippen molar-refractivity contribution >= 4 is 23.4 Å². The largest absolute Gasteiger partial charge is 0.487 e. The lowest BCUT2D eigenvalue weighted by Gasteiger charge is -2.24. The molecule has 2 N–H and O–H groups in total. The van der Waals surface area contributed by atoms with Crippen molar-refractivity contribution in [2.24, 2.45) is 0 Å². The van der Waals surface area contributed by atoms with E-state index in [1.165, 1.54) is 6.07 Å². The highest BCUT2D eigenvalue weighted by Crippen LogP contribution is 2.33. The van der Waals surface area contributed by atoms with Gasteiger partial charge >= 0.3 is 6.09 Å². The molecule has 1 aromatic rings. The van der Waals surface area contributed by atoms with Crippen molar-refractivity contribution in [1.82, 2.24) is 4.90 Å². The van der Waals surface area contributed by atoms with Crippen LogP contribution in [0.5, 0.6) is 5.75 Å². The second-order valence-electron chi connectivity index (χ2n) is 6.44. The molecule has 0 bridgehead atoms. The van der Waals surface area contributed by atoms with Gasteiger partial charge in [0, 0.05) is 13.0 Å². The number of ether oxygens (including phenoxy) is 2. The summed E-state index contributed by atoms with van der Waals surface area (Å²) in [6, 6.07) is 5.06. The van der Waals surface area contributed by atoms with Crippen molar-refractivity contribution < 1.29 is 14.3 Å². The number of nitrogens with two attached hydrogens (primary N) is 1. The molecule has 1 aliphatic rings. The summed E-state index contributed by atoms with van der Waals surface area (Å²) in [6.07, 6.45) is 0.0834. The Bertz CT molecular complexity index is 649. The number of carbonyl (C=O) groups excluding carboxylic acids is 1. The summed E-state index contributed by atoms with van der Waals surface area (Å²) < 4.78 is 11.2. The predicted molar refractivity (Wildman–Crippen MR) is 87.4 cm³/mol. The molecule has 0 radical (unpaired) electrons. The monoisotopic (exact) mass is 337 g/mol. The summed E-state index contributed by atoms with van der Waals surface area (Å²) in [5, 5.41) is 9.27. The molecule has 1 amide bonds. The molecular weight excluding hydrogens is 318 g/mol. The van der Waals surface area contributed by atoms with Gasteiger partial charge in [-0.05, 0) is 32.9 Å². The normalized spacial score (nSPS) is 17.7. The fraction of sp³-hybridized carbons (Fsp3) is 0.500. The van der Waals surface area contributed by atoms with Crippen LogP contribution in [0.4, 0.5) is 10.5 Å². The van der Waals surface area contributed by atoms with E-state index < -0.39 is 5.60 Å². The Morgan fingerprint density at radius 3 is 2.78 bits per heavy atom. The maximum absolute atomic E-state index is 12.0. The minimum absolute atomic E-state index is 0.214. The van der Waals surface area contributed by atoms with E-state index in [1.54, 1.807) is 11.0 Å². The Morgan fingerprint density at radius 2 is 2.17 bits per heavy atom. The molecule has 1 saturated heterocycles. The van der Waals surface area contributed by atoms with Crippen LogP contribution in [0.2, 0.25) is 5.02 Å². The Balaban J connectivity index is 2.03. The van der Waals surface area contributed by atoms with E-state index in [2.05, 4.69) is 0 Å². The van der Waals surface area contributed by atoms with E-state index in [-0.39, 0.29) is 17.2 Å². The highest BCUT2D eigenvalue weighted by atomic mass is 35.5. The first-order valence-electron chi connectivity index (χ1n) is 7.33. The molecule has 0 saturated carbocycles. The lowest BCUT2D eigenvalue weighted by Crippen LogP contribution is -2.36. The fourth-order valence-electron chi connectivity index (χ4n) is 2.27. The predicted octanol–water partition coefficient (Wildman–Crippen LogP) is 3.18. The second kappa shape index (κ2) is 6.55. The van der Waals surface area contributed by atoms with Crippen molar-refractivity contribution in [3.8, 4) is 11.8 Å². The highest BCUT2D eigenvalue weighted by Gasteiger charge is 2.31. The van der Waals surface area contributed by atoms with Crippen LogP contribution in [-0.2, 0) is 4.74 Å². The standard InChI is InChI=1S/C16H20ClN3O3/c1-16(2,3)23-15(21)20-5-4-11(9-20)22-13-7-10(8-18)6-12(19)14(13)17/h6-7,11H,4-5,9,19H2,1-3H3. The van der Waals surface area contributed by atoms with Gasteiger partial charge in [0.25, 0.3) is 0 Å². The van der Waals surface area contributed by atoms with Gasteiger partial charge < -0.3 is 20.1 Å². The van der Waals surface area contributed by atoms with Gasteiger partial charge in [0.1, 0.15) is 22.5 Å². The van der Waals surface area contributed by atoms with Gasteiger partial charge in [-0.1, -0.05) is 11.6 Å². The zero-order chi connectivity index (χ0) is 17.2. The van der Waals surface area contributed by atoms with Gasteiger partial charge in [-0.3, -0.25) is 0 Å². The molecular formula is C16H20ClN3O3. The molecule has 124 valence electrons. The lowest BCUT2D eigenvalue weighted by molar-refractivity contribution is 0.0275. The third-order valence-corrected chi connectivity index (χ3v) is 3.69. The van der Waals surface area contributed by atoms with Crippen molar-refractivity contribution in [3.05, 3.63) is 22.7 Å². The molecule has 1 aromatic carbocycles. The van der Waals surface area contributed by atoms with Gasteiger partial charge in [-0.2, -0.15) is 5.26 Å². The number of nitrogens with zero attached hydrogens (tertiary/aromatic N) is 2. The summed E-state index contributed by atoms with van der Waals surface area (Å²) in [4.78, 5) is 13.6. The number of halogens is 1. The number of nitrogen functional groups attached to an aromatic ring is 1. The van der Waals surface area contributed by atoms with Crippen LogP contribution in [0.1, 0.15) is 32.8 Å². The lowest BCUT2D eigenvalue weighted by atomic mass is 10.2. The van der Waals surface area contributed by atoms with Crippen LogP contribution in [0.3, 0.4) is 0 Å². The maximum Gasteiger partial charge on any atom is 0.410 e. The average molecular weight is 338 g/mol. The van der Waals surface area contributed by atoms with Gasteiger partial charge in [0.05, 0.1) is 23.9 Å². The van der Waals surface area contributed by atoms with Crippen LogP contribution in [0.15, 0.2) is 12.1 Å². The van der Waals surface area contributed by atoms with Crippen LogP contribution in [0, 0.1) is 11.3 Å². The third-order valence-electron chi connectivity index (χ3n) is 3.29. The zero-order valence-electron chi connectivity index (χ0n) is 13.4. The highest BCUT2D eigenvalue weighted by molar-refractivity contribution is 6.34.